The molecule has 1 amide bonds. The van der Waals surface area contributed by atoms with Gasteiger partial charge < -0.3 is 9.73 Å². The fourth-order valence-electron chi connectivity index (χ4n) is 3.02. The van der Waals surface area contributed by atoms with Crippen molar-refractivity contribution in [3.05, 3.63) is 58.7 Å². The van der Waals surface area contributed by atoms with Gasteiger partial charge in [-0.2, -0.15) is 0 Å². The van der Waals surface area contributed by atoms with Gasteiger partial charge in [-0.05, 0) is 68.0 Å². The van der Waals surface area contributed by atoms with E-state index < -0.39 is 0 Å². The SMILES string of the molecule is Cc1ccc(-c2nnc(S[C@H](C)C(=O)Nc3c(C)cccc3C(C)C)o2)cc1C. The van der Waals surface area contributed by atoms with E-state index >= 15 is 0 Å². The molecule has 6 heteroatoms. The van der Waals surface area contributed by atoms with Crippen molar-refractivity contribution in [3.63, 3.8) is 0 Å². The molecule has 29 heavy (non-hydrogen) atoms. The average molecular weight is 410 g/mol. The van der Waals surface area contributed by atoms with Gasteiger partial charge in [0, 0.05) is 11.3 Å². The van der Waals surface area contributed by atoms with E-state index in [-0.39, 0.29) is 11.2 Å². The van der Waals surface area contributed by atoms with E-state index in [4.69, 9.17) is 4.42 Å². The highest BCUT2D eigenvalue weighted by atomic mass is 32.2. The Morgan fingerprint density at radius 1 is 1.00 bits per heavy atom. The summed E-state index contributed by atoms with van der Waals surface area (Å²) in [5.74, 6) is 0.700. The molecule has 0 unspecified atom stereocenters. The first-order chi connectivity index (χ1) is 13.8. The zero-order valence-electron chi connectivity index (χ0n) is 17.7. The molecular formula is C23H27N3O2S. The number of thioether (sulfide) groups is 1. The monoisotopic (exact) mass is 409 g/mol. The van der Waals surface area contributed by atoms with E-state index in [0.717, 1.165) is 22.4 Å². The van der Waals surface area contributed by atoms with Crippen LogP contribution in [-0.2, 0) is 4.79 Å². The van der Waals surface area contributed by atoms with Crippen LogP contribution in [0.4, 0.5) is 5.69 Å². The predicted octanol–water partition coefficient (Wildman–Crippen LogP) is 5.90. The van der Waals surface area contributed by atoms with Gasteiger partial charge in [0.2, 0.25) is 11.8 Å². The van der Waals surface area contributed by atoms with Gasteiger partial charge >= 0.3 is 0 Å². The fraction of sp³-hybridized carbons (Fsp3) is 0.348. The quantitative estimate of drug-likeness (QED) is 0.513. The summed E-state index contributed by atoms with van der Waals surface area (Å²) in [4.78, 5) is 12.8. The predicted molar refractivity (Wildman–Crippen MR) is 118 cm³/mol. The van der Waals surface area contributed by atoms with Crippen LogP contribution in [0.3, 0.4) is 0 Å². The second kappa shape index (κ2) is 8.82. The normalized spacial score (nSPS) is 12.2. The van der Waals surface area contributed by atoms with Crippen LogP contribution >= 0.6 is 11.8 Å². The lowest BCUT2D eigenvalue weighted by Crippen LogP contribution is -2.23. The molecule has 2 aromatic carbocycles. The highest BCUT2D eigenvalue weighted by Crippen LogP contribution is 2.30. The molecule has 1 heterocycles. The van der Waals surface area contributed by atoms with Gasteiger partial charge in [-0.3, -0.25) is 4.79 Å². The van der Waals surface area contributed by atoms with Gasteiger partial charge in [0.1, 0.15) is 0 Å². The highest BCUT2D eigenvalue weighted by Gasteiger charge is 2.21. The first kappa shape index (κ1) is 21.1. The Hall–Kier alpha value is -2.60. The van der Waals surface area contributed by atoms with Crippen molar-refractivity contribution >= 4 is 23.4 Å². The number of nitrogens with zero attached hydrogens (tertiary/aromatic N) is 2. The number of aromatic nitrogens is 2. The van der Waals surface area contributed by atoms with E-state index in [1.54, 1.807) is 0 Å². The summed E-state index contributed by atoms with van der Waals surface area (Å²) in [6, 6.07) is 12.1. The Labute approximate surface area is 176 Å². The number of carbonyl (C=O) groups is 1. The number of hydrogen-bond donors (Lipinski definition) is 1. The molecule has 0 aliphatic carbocycles. The number of para-hydroxylation sites is 1. The van der Waals surface area contributed by atoms with E-state index in [0.29, 0.717) is 17.0 Å². The number of hydrogen-bond acceptors (Lipinski definition) is 5. The number of carbonyl (C=O) groups excluding carboxylic acids is 1. The molecule has 3 aromatic rings. The summed E-state index contributed by atoms with van der Waals surface area (Å²) in [5.41, 5.74) is 6.33. The largest absolute Gasteiger partial charge is 0.411 e. The Morgan fingerprint density at radius 2 is 1.76 bits per heavy atom. The maximum atomic E-state index is 12.8. The summed E-state index contributed by atoms with van der Waals surface area (Å²) in [6.07, 6.45) is 0. The van der Waals surface area contributed by atoms with Gasteiger partial charge in [0.25, 0.3) is 5.22 Å². The molecule has 0 fully saturated rings. The summed E-state index contributed by atoms with van der Waals surface area (Å²) in [5, 5.41) is 11.3. The Kier molecular flexibility index (Phi) is 6.42. The third-order valence-electron chi connectivity index (χ3n) is 4.98. The highest BCUT2D eigenvalue weighted by molar-refractivity contribution is 8.00. The molecule has 0 saturated carbocycles. The third kappa shape index (κ3) is 4.88. The summed E-state index contributed by atoms with van der Waals surface area (Å²) in [7, 11) is 0. The van der Waals surface area contributed by atoms with Crippen LogP contribution in [0, 0.1) is 20.8 Å². The standard InChI is InChI=1S/C23H27N3O2S/c1-13(2)19-9-7-8-15(4)20(19)24-21(27)17(6)29-23-26-25-22(28-23)18-11-10-14(3)16(5)12-18/h7-13,17H,1-6H3,(H,24,27)/t17-/m1/s1. The Balaban J connectivity index is 1.71. The van der Waals surface area contributed by atoms with Crippen LogP contribution in [0.2, 0.25) is 0 Å². The maximum absolute atomic E-state index is 12.8. The van der Waals surface area contributed by atoms with Crippen molar-refractivity contribution in [3.8, 4) is 11.5 Å². The molecule has 0 spiro atoms. The lowest BCUT2D eigenvalue weighted by Gasteiger charge is -2.18. The van der Waals surface area contributed by atoms with Crippen molar-refractivity contribution in [2.75, 3.05) is 5.32 Å². The van der Waals surface area contributed by atoms with Crippen LogP contribution in [0.5, 0.6) is 0 Å². The van der Waals surface area contributed by atoms with E-state index in [1.165, 1.54) is 22.9 Å². The van der Waals surface area contributed by atoms with Gasteiger partial charge in [-0.25, -0.2) is 0 Å². The summed E-state index contributed by atoms with van der Waals surface area (Å²) < 4.78 is 5.78. The number of rotatable bonds is 6. The van der Waals surface area contributed by atoms with Gasteiger partial charge in [-0.15, -0.1) is 10.2 Å². The number of aryl methyl sites for hydroxylation is 3. The minimum atomic E-state index is -0.373. The topological polar surface area (TPSA) is 68.0 Å². The molecule has 0 aliphatic rings. The molecule has 152 valence electrons. The smallest absolute Gasteiger partial charge is 0.277 e. The van der Waals surface area contributed by atoms with E-state index in [2.05, 4.69) is 42.4 Å². The van der Waals surface area contributed by atoms with Crippen LogP contribution in [0.25, 0.3) is 11.5 Å². The van der Waals surface area contributed by atoms with E-state index in [9.17, 15) is 4.79 Å². The minimum Gasteiger partial charge on any atom is -0.411 e. The van der Waals surface area contributed by atoms with Gasteiger partial charge in [-0.1, -0.05) is 49.9 Å². The fourth-order valence-corrected chi connectivity index (χ4v) is 3.70. The number of nitrogens with one attached hydrogen (secondary N) is 1. The second-order valence-corrected chi connectivity index (χ2v) is 8.91. The number of anilines is 1. The zero-order valence-corrected chi connectivity index (χ0v) is 18.6. The van der Waals surface area contributed by atoms with Gasteiger partial charge in [0.05, 0.1) is 5.25 Å². The molecule has 0 bridgehead atoms. The Bertz CT molecular complexity index is 1030. The number of amides is 1. The molecule has 0 saturated heterocycles. The van der Waals surface area contributed by atoms with Crippen molar-refractivity contribution in [2.24, 2.45) is 0 Å². The minimum absolute atomic E-state index is 0.0860. The summed E-state index contributed by atoms with van der Waals surface area (Å²) >= 11 is 1.26. The molecular weight excluding hydrogens is 382 g/mol. The van der Waals surface area contributed by atoms with Crippen LogP contribution in [0.1, 0.15) is 48.9 Å². The van der Waals surface area contributed by atoms with Crippen LogP contribution < -0.4 is 5.32 Å². The zero-order chi connectivity index (χ0) is 21.1. The molecule has 0 aliphatic heterocycles. The van der Waals surface area contributed by atoms with E-state index in [1.807, 2.05) is 51.1 Å². The molecule has 1 atom stereocenters. The number of benzene rings is 2. The first-order valence-corrected chi connectivity index (χ1v) is 10.6. The van der Waals surface area contributed by atoms with Crippen molar-refractivity contribution in [2.45, 2.75) is 57.9 Å². The average Bonchev–Trinajstić information content (AvgIpc) is 3.13. The summed E-state index contributed by atoms with van der Waals surface area (Å²) in [6.45, 7) is 12.2. The van der Waals surface area contributed by atoms with Crippen LogP contribution in [0.15, 0.2) is 46.0 Å². The molecule has 5 nitrogen and oxygen atoms in total. The molecule has 1 aromatic heterocycles. The van der Waals surface area contributed by atoms with Crippen molar-refractivity contribution < 1.29 is 9.21 Å². The maximum Gasteiger partial charge on any atom is 0.277 e. The molecule has 3 rings (SSSR count). The van der Waals surface area contributed by atoms with Crippen LogP contribution in [-0.4, -0.2) is 21.4 Å². The van der Waals surface area contributed by atoms with Crippen molar-refractivity contribution in [1.29, 1.82) is 0 Å². The lowest BCUT2D eigenvalue weighted by molar-refractivity contribution is -0.115. The second-order valence-electron chi connectivity index (χ2n) is 7.62. The molecule has 1 N–H and O–H groups in total. The first-order valence-electron chi connectivity index (χ1n) is 9.74. The molecule has 0 radical (unpaired) electrons. The van der Waals surface area contributed by atoms with Gasteiger partial charge in [0.15, 0.2) is 0 Å². The Morgan fingerprint density at radius 3 is 2.45 bits per heavy atom. The lowest BCUT2D eigenvalue weighted by atomic mass is 9.98. The van der Waals surface area contributed by atoms with Crippen molar-refractivity contribution in [1.82, 2.24) is 10.2 Å². The third-order valence-corrected chi connectivity index (χ3v) is 5.92.